The summed E-state index contributed by atoms with van der Waals surface area (Å²) in [6.45, 7) is 10.3. The lowest BCUT2D eigenvalue weighted by Crippen LogP contribution is -2.41. The molecule has 1 saturated heterocycles. The summed E-state index contributed by atoms with van der Waals surface area (Å²) in [7, 11) is 1.36. The normalized spacial score (nSPS) is 21.1. The molecule has 0 atom stereocenters. The van der Waals surface area contributed by atoms with Gasteiger partial charge in [0.25, 0.3) is 0 Å². The van der Waals surface area contributed by atoms with Gasteiger partial charge in [0.15, 0.2) is 0 Å². The van der Waals surface area contributed by atoms with Crippen molar-refractivity contribution in [1.82, 2.24) is 0 Å². The van der Waals surface area contributed by atoms with Crippen molar-refractivity contribution in [2.45, 2.75) is 45.8 Å². The third-order valence-electron chi connectivity index (χ3n) is 4.15. The van der Waals surface area contributed by atoms with E-state index < -0.39 is 0 Å². The summed E-state index contributed by atoms with van der Waals surface area (Å²) in [5.74, 6) is 0.850. The predicted octanol–water partition coefficient (Wildman–Crippen LogP) is 3.73. The molecule has 20 heavy (non-hydrogen) atoms. The highest BCUT2D eigenvalue weighted by Gasteiger charge is 2.51. The number of hydrogen-bond donors (Lipinski definition) is 0. The highest BCUT2D eigenvalue weighted by Crippen LogP contribution is 2.38. The SMILES string of the molecule is COc1ccccc1/C=C(\C)B1OC(C)(C)C(C)(C)O1. The van der Waals surface area contributed by atoms with Crippen molar-refractivity contribution in [3.8, 4) is 5.75 Å². The molecule has 0 spiro atoms. The highest BCUT2D eigenvalue weighted by atomic mass is 16.7. The predicted molar refractivity (Wildman–Crippen MR) is 82.7 cm³/mol. The van der Waals surface area contributed by atoms with Crippen molar-refractivity contribution in [2.75, 3.05) is 7.11 Å². The number of ether oxygens (including phenoxy) is 1. The van der Waals surface area contributed by atoms with Crippen LogP contribution in [0.5, 0.6) is 5.75 Å². The van der Waals surface area contributed by atoms with Crippen LogP contribution in [0.25, 0.3) is 6.08 Å². The number of benzene rings is 1. The summed E-state index contributed by atoms with van der Waals surface area (Å²) in [6, 6.07) is 7.92. The maximum absolute atomic E-state index is 6.04. The molecule has 1 heterocycles. The third kappa shape index (κ3) is 2.77. The molecule has 0 bridgehead atoms. The molecule has 2 rings (SSSR count). The number of para-hydroxylation sites is 1. The Morgan fingerprint density at radius 1 is 1.10 bits per heavy atom. The molecule has 1 aromatic carbocycles. The molecule has 4 heteroatoms. The van der Waals surface area contributed by atoms with E-state index in [4.69, 9.17) is 14.0 Å². The van der Waals surface area contributed by atoms with Gasteiger partial charge in [-0.25, -0.2) is 0 Å². The first-order chi connectivity index (χ1) is 9.27. The van der Waals surface area contributed by atoms with Crippen LogP contribution in [0.4, 0.5) is 0 Å². The minimum Gasteiger partial charge on any atom is -0.496 e. The Morgan fingerprint density at radius 2 is 1.65 bits per heavy atom. The molecule has 0 aliphatic carbocycles. The largest absolute Gasteiger partial charge is 0.496 e. The van der Waals surface area contributed by atoms with E-state index >= 15 is 0 Å². The number of hydrogen-bond acceptors (Lipinski definition) is 3. The van der Waals surface area contributed by atoms with Crippen LogP contribution in [-0.4, -0.2) is 25.4 Å². The number of rotatable bonds is 3. The molecule has 0 aromatic heterocycles. The fourth-order valence-electron chi connectivity index (χ4n) is 2.13. The molecule has 1 aliphatic heterocycles. The highest BCUT2D eigenvalue weighted by molar-refractivity contribution is 6.55. The standard InChI is InChI=1S/C16H23BO3/c1-12(11-13-9-7-8-10-14(13)18-6)17-19-15(2,3)16(4,5)20-17/h7-11H,1-6H3/b12-11+. The van der Waals surface area contributed by atoms with Crippen molar-refractivity contribution < 1.29 is 14.0 Å². The first-order valence-corrected chi connectivity index (χ1v) is 6.94. The summed E-state index contributed by atoms with van der Waals surface area (Å²) in [5.41, 5.74) is 1.44. The van der Waals surface area contributed by atoms with Gasteiger partial charge in [-0.05, 0) is 46.2 Å². The maximum atomic E-state index is 6.04. The molecule has 108 valence electrons. The lowest BCUT2D eigenvalue weighted by atomic mass is 9.78. The lowest BCUT2D eigenvalue weighted by molar-refractivity contribution is 0.00578. The molecule has 1 aromatic rings. The van der Waals surface area contributed by atoms with Gasteiger partial charge in [-0.1, -0.05) is 24.3 Å². The van der Waals surface area contributed by atoms with Gasteiger partial charge in [0.1, 0.15) is 5.75 Å². The van der Waals surface area contributed by atoms with Gasteiger partial charge in [0, 0.05) is 5.56 Å². The van der Waals surface area contributed by atoms with Crippen molar-refractivity contribution in [3.05, 3.63) is 35.3 Å². The van der Waals surface area contributed by atoms with Crippen LogP contribution in [0, 0.1) is 0 Å². The van der Waals surface area contributed by atoms with Crippen molar-refractivity contribution in [1.29, 1.82) is 0 Å². The van der Waals surface area contributed by atoms with E-state index in [9.17, 15) is 0 Å². The van der Waals surface area contributed by atoms with E-state index in [0.717, 1.165) is 16.8 Å². The minimum absolute atomic E-state index is 0.312. The summed E-state index contributed by atoms with van der Waals surface area (Å²) in [5, 5.41) is 0. The van der Waals surface area contributed by atoms with E-state index in [1.807, 2.05) is 31.2 Å². The van der Waals surface area contributed by atoms with Gasteiger partial charge in [-0.15, -0.1) is 0 Å². The van der Waals surface area contributed by atoms with Crippen LogP contribution in [0.3, 0.4) is 0 Å². The van der Waals surface area contributed by atoms with Gasteiger partial charge in [0.2, 0.25) is 0 Å². The zero-order chi connectivity index (χ0) is 15.0. The molecule has 1 aliphatic rings. The Kier molecular flexibility index (Phi) is 3.98. The molecular weight excluding hydrogens is 251 g/mol. The Bertz CT molecular complexity index is 504. The van der Waals surface area contributed by atoms with E-state index in [1.165, 1.54) is 0 Å². The van der Waals surface area contributed by atoms with Crippen LogP contribution in [0.2, 0.25) is 0 Å². The molecule has 0 unspecified atom stereocenters. The molecule has 1 fully saturated rings. The molecule has 0 N–H and O–H groups in total. The Hall–Kier alpha value is -1.26. The fourth-order valence-corrected chi connectivity index (χ4v) is 2.13. The van der Waals surface area contributed by atoms with E-state index in [1.54, 1.807) is 7.11 Å². The van der Waals surface area contributed by atoms with Gasteiger partial charge in [-0.2, -0.15) is 0 Å². The Morgan fingerprint density at radius 3 is 2.20 bits per heavy atom. The number of allylic oxidation sites excluding steroid dienone is 1. The van der Waals surface area contributed by atoms with Crippen molar-refractivity contribution >= 4 is 13.2 Å². The molecular formula is C16H23BO3. The zero-order valence-electron chi connectivity index (χ0n) is 13.2. The maximum Gasteiger partial charge on any atom is 0.490 e. The first-order valence-electron chi connectivity index (χ1n) is 6.94. The summed E-state index contributed by atoms with van der Waals surface area (Å²) < 4.78 is 17.4. The quantitative estimate of drug-likeness (QED) is 0.786. The Balaban J connectivity index is 2.24. The van der Waals surface area contributed by atoms with Gasteiger partial charge >= 0.3 is 7.12 Å². The topological polar surface area (TPSA) is 27.7 Å². The summed E-state index contributed by atoms with van der Waals surface area (Å²) in [6.07, 6.45) is 2.06. The van der Waals surface area contributed by atoms with E-state index in [2.05, 4.69) is 33.8 Å². The average Bonchev–Trinajstić information content (AvgIpc) is 2.59. The fraction of sp³-hybridized carbons (Fsp3) is 0.500. The van der Waals surface area contributed by atoms with Crippen LogP contribution >= 0.6 is 0 Å². The Labute approximate surface area is 122 Å². The molecule has 0 amide bonds. The summed E-state index contributed by atoms with van der Waals surface area (Å²) >= 11 is 0. The smallest absolute Gasteiger partial charge is 0.490 e. The van der Waals surface area contributed by atoms with Gasteiger partial charge < -0.3 is 14.0 Å². The molecule has 0 radical (unpaired) electrons. The second-order valence-corrected chi connectivity index (χ2v) is 6.22. The molecule has 3 nitrogen and oxygen atoms in total. The van der Waals surface area contributed by atoms with Crippen LogP contribution < -0.4 is 4.74 Å². The van der Waals surface area contributed by atoms with Crippen molar-refractivity contribution in [2.24, 2.45) is 0 Å². The second-order valence-electron chi connectivity index (χ2n) is 6.22. The number of methoxy groups -OCH3 is 1. The van der Waals surface area contributed by atoms with Gasteiger partial charge in [0.05, 0.1) is 18.3 Å². The first kappa shape index (κ1) is 15.1. The van der Waals surface area contributed by atoms with Gasteiger partial charge in [-0.3, -0.25) is 0 Å². The average molecular weight is 274 g/mol. The van der Waals surface area contributed by atoms with Crippen LogP contribution in [0.1, 0.15) is 40.2 Å². The van der Waals surface area contributed by atoms with Crippen LogP contribution in [-0.2, 0) is 9.31 Å². The monoisotopic (exact) mass is 274 g/mol. The van der Waals surface area contributed by atoms with Crippen molar-refractivity contribution in [3.63, 3.8) is 0 Å². The third-order valence-corrected chi connectivity index (χ3v) is 4.15. The summed E-state index contributed by atoms with van der Waals surface area (Å²) in [4.78, 5) is 0. The second kappa shape index (κ2) is 5.26. The molecule has 0 saturated carbocycles. The van der Waals surface area contributed by atoms with E-state index in [0.29, 0.717) is 0 Å². The van der Waals surface area contributed by atoms with Crippen LogP contribution in [0.15, 0.2) is 29.7 Å². The van der Waals surface area contributed by atoms with E-state index in [-0.39, 0.29) is 18.3 Å². The minimum atomic E-state index is -0.315. The zero-order valence-corrected chi connectivity index (χ0v) is 13.2. The lowest BCUT2D eigenvalue weighted by Gasteiger charge is -2.32.